The predicted molar refractivity (Wildman–Crippen MR) is 60.7 cm³/mol. The summed E-state index contributed by atoms with van der Waals surface area (Å²) < 4.78 is 42.3. The van der Waals surface area contributed by atoms with E-state index < -0.39 is 41.2 Å². The van der Waals surface area contributed by atoms with E-state index in [9.17, 15) is 22.8 Å². The van der Waals surface area contributed by atoms with Gasteiger partial charge in [-0.05, 0) is 18.4 Å². The number of rotatable bonds is 2. The third-order valence-corrected chi connectivity index (χ3v) is 2.80. The second-order valence-electron chi connectivity index (χ2n) is 3.97. The number of ether oxygens (including phenoxy) is 1. The number of alkyl halides is 3. The normalized spacial score (nSPS) is 25.5. The fourth-order valence-electron chi connectivity index (χ4n) is 1.96. The van der Waals surface area contributed by atoms with Crippen LogP contribution in [0.15, 0.2) is 11.1 Å². The molecule has 0 aromatic carbocycles. The van der Waals surface area contributed by atoms with Crippen molar-refractivity contribution < 1.29 is 32.6 Å². The molecular formula is C10H13ClF3NO4. The van der Waals surface area contributed by atoms with Crippen LogP contribution in [0.5, 0.6) is 0 Å². The molecule has 0 aromatic rings. The number of aliphatic carboxylic acids is 1. The van der Waals surface area contributed by atoms with Gasteiger partial charge in [-0.3, -0.25) is 4.79 Å². The van der Waals surface area contributed by atoms with Gasteiger partial charge in [0.25, 0.3) is 0 Å². The van der Waals surface area contributed by atoms with Crippen molar-refractivity contribution in [1.29, 1.82) is 0 Å². The van der Waals surface area contributed by atoms with Crippen molar-refractivity contribution in [3.63, 3.8) is 0 Å². The number of carboxylic acid groups (broad SMARTS) is 1. The monoisotopic (exact) mass is 303 g/mol. The molecule has 1 saturated carbocycles. The minimum Gasteiger partial charge on any atom is -0.481 e. The van der Waals surface area contributed by atoms with E-state index in [1.165, 1.54) is 0 Å². The first kappa shape index (κ1) is 17.7. The standard InChI is InChI=1S/C10H12F3NO4.ClH/c1-18-9(17)7(10(11,12)13)5-2-4(8(15)16)3-6(5)14;/h4,6H,2-3,14H2,1H3,(H,15,16);1H/b7-5-;/t4-,6-;/m0./s1. The van der Waals surface area contributed by atoms with Crippen LogP contribution < -0.4 is 5.73 Å². The average molecular weight is 304 g/mol. The number of esters is 1. The lowest BCUT2D eigenvalue weighted by Gasteiger charge is -2.15. The van der Waals surface area contributed by atoms with Gasteiger partial charge in [0.1, 0.15) is 5.57 Å². The quantitative estimate of drug-likeness (QED) is 0.592. The maximum atomic E-state index is 12.7. The summed E-state index contributed by atoms with van der Waals surface area (Å²) in [7, 11) is 0.823. The molecule has 1 rings (SSSR count). The van der Waals surface area contributed by atoms with Crippen LogP contribution in [0.4, 0.5) is 13.2 Å². The molecule has 1 aliphatic carbocycles. The Bertz CT molecular complexity index is 408. The van der Waals surface area contributed by atoms with Gasteiger partial charge >= 0.3 is 18.1 Å². The van der Waals surface area contributed by atoms with E-state index in [0.29, 0.717) is 0 Å². The summed E-state index contributed by atoms with van der Waals surface area (Å²) in [5, 5.41) is 8.75. The molecule has 1 aliphatic rings. The van der Waals surface area contributed by atoms with Gasteiger partial charge in [-0.1, -0.05) is 0 Å². The van der Waals surface area contributed by atoms with E-state index in [1.54, 1.807) is 0 Å². The molecule has 0 bridgehead atoms. The van der Waals surface area contributed by atoms with E-state index in [1.807, 2.05) is 0 Å². The molecule has 0 heterocycles. The van der Waals surface area contributed by atoms with Crippen LogP contribution in [-0.2, 0) is 14.3 Å². The molecule has 2 atom stereocenters. The molecule has 19 heavy (non-hydrogen) atoms. The topological polar surface area (TPSA) is 89.6 Å². The Hall–Kier alpha value is -1.28. The summed E-state index contributed by atoms with van der Waals surface area (Å²) in [6.45, 7) is 0. The van der Waals surface area contributed by atoms with E-state index in [0.717, 1.165) is 7.11 Å². The van der Waals surface area contributed by atoms with Gasteiger partial charge in [0, 0.05) is 6.04 Å². The molecule has 0 saturated heterocycles. The van der Waals surface area contributed by atoms with Gasteiger partial charge in [0.05, 0.1) is 13.0 Å². The van der Waals surface area contributed by atoms with Crippen molar-refractivity contribution in [3.05, 3.63) is 11.1 Å². The zero-order valence-corrected chi connectivity index (χ0v) is 10.7. The maximum absolute atomic E-state index is 12.7. The second kappa shape index (κ2) is 6.25. The second-order valence-corrected chi connectivity index (χ2v) is 3.97. The lowest BCUT2D eigenvalue weighted by atomic mass is 10.0. The number of hydrogen-bond acceptors (Lipinski definition) is 4. The molecule has 110 valence electrons. The third kappa shape index (κ3) is 3.84. The fraction of sp³-hybridized carbons (Fsp3) is 0.600. The van der Waals surface area contributed by atoms with Crippen LogP contribution in [0.3, 0.4) is 0 Å². The third-order valence-electron chi connectivity index (χ3n) is 2.80. The molecule has 1 fully saturated rings. The van der Waals surface area contributed by atoms with Crippen molar-refractivity contribution in [1.82, 2.24) is 0 Å². The van der Waals surface area contributed by atoms with Crippen molar-refractivity contribution in [2.24, 2.45) is 11.7 Å². The SMILES string of the molecule is COC(=O)/C(=C1\C[C@H](C(=O)O)C[C@@H]1N)C(F)(F)F.Cl. The maximum Gasteiger partial charge on any atom is 0.423 e. The smallest absolute Gasteiger partial charge is 0.423 e. The first-order valence-electron chi connectivity index (χ1n) is 5.05. The number of methoxy groups -OCH3 is 1. The summed E-state index contributed by atoms with van der Waals surface area (Å²) in [4.78, 5) is 21.9. The lowest BCUT2D eigenvalue weighted by Crippen LogP contribution is -2.28. The van der Waals surface area contributed by atoms with Crippen molar-refractivity contribution in [3.8, 4) is 0 Å². The van der Waals surface area contributed by atoms with E-state index >= 15 is 0 Å². The van der Waals surface area contributed by atoms with E-state index in [-0.39, 0.29) is 25.2 Å². The number of carbonyl (C=O) groups excluding carboxylic acids is 1. The molecule has 0 radical (unpaired) electrons. The number of carbonyl (C=O) groups is 2. The lowest BCUT2D eigenvalue weighted by molar-refractivity contribution is -0.148. The molecule has 0 aromatic heterocycles. The number of carboxylic acids is 1. The van der Waals surface area contributed by atoms with Crippen LogP contribution >= 0.6 is 12.4 Å². The Balaban J connectivity index is 0.00000324. The van der Waals surface area contributed by atoms with Gasteiger partial charge in [-0.15, -0.1) is 12.4 Å². The van der Waals surface area contributed by atoms with Gasteiger partial charge in [0.15, 0.2) is 0 Å². The summed E-state index contributed by atoms with van der Waals surface area (Å²) in [6, 6.07) is -1.10. The van der Waals surface area contributed by atoms with Crippen LogP contribution in [0.2, 0.25) is 0 Å². The number of hydrogen-bond donors (Lipinski definition) is 2. The molecule has 0 amide bonds. The molecule has 9 heteroatoms. The van der Waals surface area contributed by atoms with E-state index in [2.05, 4.69) is 4.74 Å². The average Bonchev–Trinajstić information content (AvgIpc) is 2.59. The zero-order chi connectivity index (χ0) is 14.1. The van der Waals surface area contributed by atoms with Crippen LogP contribution in [0.1, 0.15) is 12.8 Å². The summed E-state index contributed by atoms with van der Waals surface area (Å²) >= 11 is 0. The minimum absolute atomic E-state index is 0. The summed E-state index contributed by atoms with van der Waals surface area (Å²) in [5.74, 6) is -3.78. The van der Waals surface area contributed by atoms with Gasteiger partial charge in [0.2, 0.25) is 0 Å². The Morgan fingerprint density at radius 2 is 1.95 bits per heavy atom. The van der Waals surface area contributed by atoms with Gasteiger partial charge in [-0.2, -0.15) is 13.2 Å². The predicted octanol–water partition coefficient (Wildman–Crippen LogP) is 1.26. The fourth-order valence-corrected chi connectivity index (χ4v) is 1.96. The highest BCUT2D eigenvalue weighted by molar-refractivity contribution is 5.91. The highest BCUT2D eigenvalue weighted by atomic mass is 35.5. The molecule has 0 aliphatic heterocycles. The van der Waals surface area contributed by atoms with Crippen LogP contribution in [-0.4, -0.2) is 36.4 Å². The minimum atomic E-state index is -4.91. The summed E-state index contributed by atoms with van der Waals surface area (Å²) in [5.41, 5.74) is 3.58. The Kier molecular flexibility index (Phi) is 5.83. The van der Waals surface area contributed by atoms with Crippen molar-refractivity contribution in [2.45, 2.75) is 25.1 Å². The van der Waals surface area contributed by atoms with Crippen LogP contribution in [0, 0.1) is 5.92 Å². The highest BCUT2D eigenvalue weighted by Gasteiger charge is 2.46. The Labute approximate surface area is 113 Å². The zero-order valence-electron chi connectivity index (χ0n) is 9.86. The van der Waals surface area contributed by atoms with E-state index in [4.69, 9.17) is 10.8 Å². The largest absolute Gasteiger partial charge is 0.481 e. The highest BCUT2D eigenvalue weighted by Crippen LogP contribution is 2.38. The molecule has 0 spiro atoms. The molecule has 3 N–H and O–H groups in total. The van der Waals surface area contributed by atoms with Crippen LogP contribution in [0.25, 0.3) is 0 Å². The first-order valence-corrected chi connectivity index (χ1v) is 5.05. The van der Waals surface area contributed by atoms with Gasteiger partial charge in [-0.25, -0.2) is 4.79 Å². The Morgan fingerprint density at radius 1 is 1.42 bits per heavy atom. The first-order chi connectivity index (χ1) is 8.18. The van der Waals surface area contributed by atoms with Crippen molar-refractivity contribution >= 4 is 24.3 Å². The molecule has 5 nitrogen and oxygen atoms in total. The van der Waals surface area contributed by atoms with Gasteiger partial charge < -0.3 is 15.6 Å². The molecule has 0 unspecified atom stereocenters. The Morgan fingerprint density at radius 3 is 2.26 bits per heavy atom. The number of nitrogens with two attached hydrogens (primary N) is 1. The molecular weight excluding hydrogens is 291 g/mol. The summed E-state index contributed by atoms with van der Waals surface area (Å²) in [6.07, 6.45) is -5.42. The number of halogens is 4. The van der Waals surface area contributed by atoms with Crippen molar-refractivity contribution in [2.75, 3.05) is 7.11 Å².